The fourth-order valence-electron chi connectivity index (χ4n) is 2.54. The molecule has 6 nitrogen and oxygen atoms in total. The normalized spacial score (nSPS) is 11.2. The van der Waals surface area contributed by atoms with Crippen LogP contribution in [-0.4, -0.2) is 47.7 Å². The van der Waals surface area contributed by atoms with E-state index < -0.39 is 0 Å². The number of aromatic nitrogens is 2. The quantitative estimate of drug-likeness (QED) is 0.202. The molecule has 0 aliphatic heterocycles. The van der Waals surface area contributed by atoms with Crippen LogP contribution >= 0.6 is 35.7 Å². The minimum atomic E-state index is 0. The van der Waals surface area contributed by atoms with Crippen molar-refractivity contribution in [3.8, 4) is 11.5 Å². The molecule has 2 rings (SSSR count). The molecule has 28 heavy (non-hydrogen) atoms. The van der Waals surface area contributed by atoms with Crippen LogP contribution in [-0.2, 0) is 12.8 Å². The Morgan fingerprint density at radius 1 is 1.14 bits per heavy atom. The summed E-state index contributed by atoms with van der Waals surface area (Å²) in [5, 5.41) is 10.7. The third kappa shape index (κ3) is 8.81. The molecule has 1 aromatic carbocycles. The summed E-state index contributed by atoms with van der Waals surface area (Å²) in [6, 6.07) is 8.29. The van der Waals surface area contributed by atoms with E-state index in [1.165, 1.54) is 17.7 Å². The summed E-state index contributed by atoms with van der Waals surface area (Å²) in [4.78, 5) is 9.00. The van der Waals surface area contributed by atoms with E-state index in [1.54, 1.807) is 0 Å². The van der Waals surface area contributed by atoms with Gasteiger partial charge in [-0.1, -0.05) is 24.2 Å². The predicted octanol–water partition coefficient (Wildman–Crippen LogP) is 4.16. The highest BCUT2D eigenvalue weighted by atomic mass is 127. The van der Waals surface area contributed by atoms with Gasteiger partial charge in [-0.15, -0.1) is 24.0 Å². The van der Waals surface area contributed by atoms with Gasteiger partial charge in [-0.3, -0.25) is 4.99 Å². The first-order chi connectivity index (χ1) is 13.3. The summed E-state index contributed by atoms with van der Waals surface area (Å²) in [5.74, 6) is 3.43. The lowest BCUT2D eigenvalue weighted by Crippen LogP contribution is -2.38. The van der Waals surface area contributed by atoms with Crippen LogP contribution in [0, 0.1) is 0 Å². The minimum Gasteiger partial charge on any atom is -0.357 e. The molecule has 0 bridgehead atoms. The monoisotopic (exact) mass is 517 g/mol. The van der Waals surface area contributed by atoms with Gasteiger partial charge >= 0.3 is 0 Å². The summed E-state index contributed by atoms with van der Waals surface area (Å²) < 4.78 is 5.28. The highest BCUT2D eigenvalue weighted by molar-refractivity contribution is 14.0. The summed E-state index contributed by atoms with van der Waals surface area (Å²) in [6.45, 7) is 6.69. The number of hydrogen-bond donors (Lipinski definition) is 2. The van der Waals surface area contributed by atoms with Crippen molar-refractivity contribution in [2.45, 2.75) is 39.5 Å². The number of hydrogen-bond acceptors (Lipinski definition) is 5. The smallest absolute Gasteiger partial charge is 0.257 e. The number of rotatable bonds is 11. The van der Waals surface area contributed by atoms with Gasteiger partial charge in [-0.25, -0.2) is 0 Å². The number of nitrogens with zero attached hydrogens (tertiary/aromatic N) is 3. The van der Waals surface area contributed by atoms with Gasteiger partial charge in [0.2, 0.25) is 0 Å². The molecule has 0 radical (unpaired) electrons. The van der Waals surface area contributed by atoms with Crippen molar-refractivity contribution >= 4 is 41.7 Å². The third-order valence-corrected chi connectivity index (χ3v) is 4.76. The lowest BCUT2D eigenvalue weighted by molar-refractivity contribution is 0.423. The Balaban J connectivity index is 0.00000392. The number of guanidine groups is 1. The van der Waals surface area contributed by atoms with E-state index in [1.807, 2.05) is 30.8 Å². The number of nitrogens with one attached hydrogen (secondary N) is 2. The van der Waals surface area contributed by atoms with Crippen molar-refractivity contribution in [3.05, 3.63) is 35.7 Å². The molecule has 0 atom stereocenters. The first kappa shape index (κ1) is 24.7. The second kappa shape index (κ2) is 14.7. The van der Waals surface area contributed by atoms with E-state index in [2.05, 4.69) is 51.1 Å². The Morgan fingerprint density at radius 2 is 1.93 bits per heavy atom. The third-order valence-electron chi connectivity index (χ3n) is 4.06. The largest absolute Gasteiger partial charge is 0.357 e. The molecular formula is C20H32IN5OS. The van der Waals surface area contributed by atoms with Crippen molar-refractivity contribution < 1.29 is 4.52 Å². The Morgan fingerprint density at radius 3 is 2.57 bits per heavy atom. The number of thioether (sulfide) groups is 1. The highest BCUT2D eigenvalue weighted by Crippen LogP contribution is 2.18. The van der Waals surface area contributed by atoms with Crippen LogP contribution in [0.3, 0.4) is 0 Å². The molecule has 2 N–H and O–H groups in total. The number of halogens is 1. The van der Waals surface area contributed by atoms with Crippen molar-refractivity contribution in [2.24, 2.45) is 4.99 Å². The molecular weight excluding hydrogens is 485 g/mol. The summed E-state index contributed by atoms with van der Waals surface area (Å²) >= 11 is 1.89. The molecule has 0 saturated heterocycles. The summed E-state index contributed by atoms with van der Waals surface area (Å²) in [5.41, 5.74) is 2.22. The summed E-state index contributed by atoms with van der Waals surface area (Å²) in [6.07, 6.45) is 6.21. The average molecular weight is 517 g/mol. The van der Waals surface area contributed by atoms with E-state index >= 15 is 0 Å². The van der Waals surface area contributed by atoms with Crippen LogP contribution in [0.25, 0.3) is 11.5 Å². The van der Waals surface area contributed by atoms with Gasteiger partial charge in [0.25, 0.3) is 5.89 Å². The van der Waals surface area contributed by atoms with Crippen molar-refractivity contribution in [1.82, 2.24) is 20.8 Å². The number of aliphatic imine (C=N–C) groups is 1. The van der Waals surface area contributed by atoms with Crippen molar-refractivity contribution in [3.63, 3.8) is 0 Å². The lowest BCUT2D eigenvalue weighted by atomic mass is 10.1. The second-order valence-corrected chi connectivity index (χ2v) is 7.19. The van der Waals surface area contributed by atoms with E-state index in [9.17, 15) is 0 Å². The van der Waals surface area contributed by atoms with Gasteiger partial charge in [-0.05, 0) is 55.9 Å². The number of aryl methyl sites for hydroxylation is 1. The topological polar surface area (TPSA) is 75.3 Å². The zero-order valence-electron chi connectivity index (χ0n) is 17.0. The molecule has 0 spiro atoms. The highest BCUT2D eigenvalue weighted by Gasteiger charge is 2.07. The first-order valence-electron chi connectivity index (χ1n) is 9.69. The molecule has 0 aliphatic rings. The van der Waals surface area contributed by atoms with Crippen LogP contribution in [0.1, 0.15) is 38.1 Å². The second-order valence-electron chi connectivity index (χ2n) is 6.20. The maximum absolute atomic E-state index is 5.28. The van der Waals surface area contributed by atoms with E-state index in [0.29, 0.717) is 5.89 Å². The zero-order valence-corrected chi connectivity index (χ0v) is 20.2. The molecule has 0 aliphatic carbocycles. The van der Waals surface area contributed by atoms with Crippen molar-refractivity contribution in [1.29, 1.82) is 0 Å². The Hall–Kier alpha value is -1.29. The van der Waals surface area contributed by atoms with Crippen LogP contribution in [0.5, 0.6) is 0 Å². The molecule has 0 fully saturated rings. The zero-order chi connectivity index (χ0) is 19.3. The van der Waals surface area contributed by atoms with Gasteiger partial charge < -0.3 is 15.2 Å². The standard InChI is InChI=1S/C20H31N5OS.HI/c1-4-18-24-19(26-25-18)17-10-8-16(9-11-17)12-14-23-20(21-5-2)22-13-6-7-15-27-3;/h8-11H,4-7,12-15H2,1-3H3,(H2,21,22,23);1H. The molecule has 156 valence electrons. The van der Waals surface area contributed by atoms with Crippen molar-refractivity contribution in [2.75, 3.05) is 31.6 Å². The predicted molar refractivity (Wildman–Crippen MR) is 130 cm³/mol. The van der Waals surface area contributed by atoms with Crippen LogP contribution < -0.4 is 10.6 Å². The van der Waals surface area contributed by atoms with E-state index in [0.717, 1.165) is 56.2 Å². The average Bonchev–Trinajstić information content (AvgIpc) is 3.17. The Bertz CT molecular complexity index is 690. The molecule has 8 heteroatoms. The molecule has 2 aromatic rings. The van der Waals surface area contributed by atoms with Crippen LogP contribution in [0.2, 0.25) is 0 Å². The van der Waals surface area contributed by atoms with E-state index in [-0.39, 0.29) is 24.0 Å². The lowest BCUT2D eigenvalue weighted by Gasteiger charge is -2.11. The molecule has 0 saturated carbocycles. The maximum Gasteiger partial charge on any atom is 0.257 e. The molecule has 1 heterocycles. The SMILES string of the molecule is CCNC(=NCCCCSC)NCCc1ccc(-c2nc(CC)no2)cc1.I. The van der Waals surface area contributed by atoms with Crippen LogP contribution in [0.15, 0.2) is 33.8 Å². The van der Waals surface area contributed by atoms with Crippen LogP contribution in [0.4, 0.5) is 0 Å². The van der Waals surface area contributed by atoms with E-state index in [4.69, 9.17) is 4.52 Å². The van der Waals surface area contributed by atoms with Gasteiger partial charge in [0.05, 0.1) is 0 Å². The van der Waals surface area contributed by atoms with Gasteiger partial charge in [0.1, 0.15) is 0 Å². The Kier molecular flexibility index (Phi) is 13.0. The van der Waals surface area contributed by atoms with Gasteiger partial charge in [0, 0.05) is 31.6 Å². The number of benzene rings is 1. The maximum atomic E-state index is 5.28. The minimum absolute atomic E-state index is 0. The Labute approximate surface area is 189 Å². The molecule has 0 unspecified atom stereocenters. The van der Waals surface area contributed by atoms with Gasteiger partial charge in [0.15, 0.2) is 11.8 Å². The molecule has 1 aromatic heterocycles. The molecule has 0 amide bonds. The fraction of sp³-hybridized carbons (Fsp3) is 0.550. The first-order valence-corrected chi connectivity index (χ1v) is 11.1. The summed E-state index contributed by atoms with van der Waals surface area (Å²) in [7, 11) is 0. The fourth-order valence-corrected chi connectivity index (χ4v) is 3.04. The van der Waals surface area contributed by atoms with Gasteiger partial charge in [-0.2, -0.15) is 16.7 Å². The number of unbranched alkanes of at least 4 members (excludes halogenated alkanes) is 1.